The van der Waals surface area contributed by atoms with E-state index in [-0.39, 0.29) is 6.42 Å². The van der Waals surface area contributed by atoms with Crippen LogP contribution in [0.3, 0.4) is 0 Å². The first kappa shape index (κ1) is 12.2. The molecule has 0 bridgehead atoms. The van der Waals surface area contributed by atoms with Crippen LogP contribution in [0.15, 0.2) is 40.6 Å². The molecule has 0 spiro atoms. The average molecular weight is 222 g/mol. The van der Waals surface area contributed by atoms with Crippen LogP contribution >= 0.6 is 0 Å². The predicted molar refractivity (Wildman–Crippen MR) is 60.1 cm³/mol. The molecule has 0 heterocycles. The van der Waals surface area contributed by atoms with E-state index in [1.54, 1.807) is 31.2 Å². The second-order valence-electron chi connectivity index (χ2n) is 3.55. The van der Waals surface area contributed by atoms with Gasteiger partial charge in [0.15, 0.2) is 0 Å². The Labute approximate surface area is 93.3 Å². The fourth-order valence-electron chi connectivity index (χ4n) is 1.47. The third-order valence-corrected chi connectivity index (χ3v) is 2.24. The van der Waals surface area contributed by atoms with E-state index in [9.17, 15) is 5.11 Å². The zero-order valence-electron chi connectivity index (χ0n) is 8.91. The molecule has 0 aliphatic rings. The van der Waals surface area contributed by atoms with Crippen molar-refractivity contribution in [2.75, 3.05) is 0 Å². The van der Waals surface area contributed by atoms with Crippen molar-refractivity contribution in [2.45, 2.75) is 18.9 Å². The summed E-state index contributed by atoms with van der Waals surface area (Å²) in [6.07, 6.45) is 1.06. The van der Waals surface area contributed by atoms with E-state index in [2.05, 4.69) is 10.3 Å². The van der Waals surface area contributed by atoms with Crippen LogP contribution in [0, 0.1) is 0 Å². The van der Waals surface area contributed by atoms with Gasteiger partial charge in [0.05, 0.1) is 11.9 Å². The molecule has 1 unspecified atom stereocenters. The molecule has 1 aromatic carbocycles. The zero-order chi connectivity index (χ0) is 12.0. The van der Waals surface area contributed by atoms with Crippen molar-refractivity contribution in [3.8, 4) is 0 Å². The molecular formula is C11H14N2O3. The van der Waals surface area contributed by atoms with Gasteiger partial charge in [-0.25, -0.2) is 0 Å². The van der Waals surface area contributed by atoms with Crippen LogP contribution in [0.2, 0.25) is 0 Å². The highest BCUT2D eigenvalue weighted by Gasteiger charge is 2.28. The lowest BCUT2D eigenvalue weighted by Crippen LogP contribution is -2.30. The summed E-state index contributed by atoms with van der Waals surface area (Å²) in [5.41, 5.74) is -0.561. The topological polar surface area (TPSA) is 85.4 Å². The number of aliphatic hydroxyl groups is 1. The molecule has 0 saturated heterocycles. The van der Waals surface area contributed by atoms with E-state index in [0.717, 1.165) is 6.21 Å². The maximum atomic E-state index is 10.3. The predicted octanol–water partition coefficient (Wildman–Crippen LogP) is 1.57. The van der Waals surface area contributed by atoms with E-state index in [0.29, 0.717) is 11.3 Å². The molecule has 0 saturated carbocycles. The van der Waals surface area contributed by atoms with Crippen molar-refractivity contribution in [3.05, 3.63) is 35.9 Å². The zero-order valence-corrected chi connectivity index (χ0v) is 8.91. The number of rotatable bonds is 4. The Morgan fingerprint density at radius 1 is 1.31 bits per heavy atom. The highest BCUT2D eigenvalue weighted by Crippen LogP contribution is 2.23. The summed E-state index contributed by atoms with van der Waals surface area (Å²) in [6.45, 7) is 1.57. The second-order valence-corrected chi connectivity index (χ2v) is 3.55. The van der Waals surface area contributed by atoms with Crippen molar-refractivity contribution in [1.82, 2.24) is 0 Å². The second kappa shape index (κ2) is 5.27. The van der Waals surface area contributed by atoms with Gasteiger partial charge in [-0.1, -0.05) is 40.6 Å². The molecule has 0 amide bonds. The van der Waals surface area contributed by atoms with E-state index in [1.807, 2.05) is 6.07 Å². The largest absolute Gasteiger partial charge is 0.411 e. The smallest absolute Gasteiger partial charge is 0.133 e. The molecule has 86 valence electrons. The van der Waals surface area contributed by atoms with Crippen LogP contribution in [0.25, 0.3) is 0 Å². The Morgan fingerprint density at radius 3 is 2.44 bits per heavy atom. The molecular weight excluding hydrogens is 208 g/mol. The average Bonchev–Trinajstić information content (AvgIpc) is 2.30. The van der Waals surface area contributed by atoms with Crippen LogP contribution in [0.4, 0.5) is 0 Å². The first-order valence-electron chi connectivity index (χ1n) is 4.76. The Balaban J connectivity index is 3.07. The standard InChI is InChI=1S/C11H14N2O3/c1-9(13-16)7-11(14,8-12-15)10-5-3-2-4-6-10/h2-6,8,14-16H,7H2,1H3/b12-8+,13-9-. The minimum absolute atomic E-state index is 0.0531. The highest BCUT2D eigenvalue weighted by atomic mass is 16.4. The summed E-state index contributed by atoms with van der Waals surface area (Å²) in [7, 11) is 0. The lowest BCUT2D eigenvalue weighted by atomic mass is 9.90. The minimum atomic E-state index is -1.47. The van der Waals surface area contributed by atoms with Crippen LogP contribution < -0.4 is 0 Å². The summed E-state index contributed by atoms with van der Waals surface area (Å²) in [5.74, 6) is 0. The highest BCUT2D eigenvalue weighted by molar-refractivity contribution is 5.87. The molecule has 0 radical (unpaired) electrons. The molecule has 0 aliphatic heterocycles. The lowest BCUT2D eigenvalue weighted by molar-refractivity contribution is 0.119. The molecule has 0 fully saturated rings. The van der Waals surface area contributed by atoms with Gasteiger partial charge in [-0.2, -0.15) is 0 Å². The third kappa shape index (κ3) is 2.80. The monoisotopic (exact) mass is 222 g/mol. The van der Waals surface area contributed by atoms with Gasteiger partial charge in [0.25, 0.3) is 0 Å². The first-order chi connectivity index (χ1) is 7.62. The van der Waals surface area contributed by atoms with Gasteiger partial charge >= 0.3 is 0 Å². The number of hydrogen-bond acceptors (Lipinski definition) is 5. The van der Waals surface area contributed by atoms with Gasteiger partial charge in [0, 0.05) is 6.42 Å². The molecule has 0 aromatic heterocycles. The van der Waals surface area contributed by atoms with Gasteiger partial charge in [-0.3, -0.25) is 0 Å². The summed E-state index contributed by atoms with van der Waals surface area (Å²) in [4.78, 5) is 0. The summed E-state index contributed by atoms with van der Waals surface area (Å²) >= 11 is 0. The van der Waals surface area contributed by atoms with Gasteiger partial charge in [0.1, 0.15) is 5.60 Å². The third-order valence-electron chi connectivity index (χ3n) is 2.24. The van der Waals surface area contributed by atoms with Crippen molar-refractivity contribution in [1.29, 1.82) is 0 Å². The maximum absolute atomic E-state index is 10.3. The molecule has 16 heavy (non-hydrogen) atoms. The normalized spacial score (nSPS) is 16.2. The van der Waals surface area contributed by atoms with E-state index in [1.165, 1.54) is 0 Å². The summed E-state index contributed by atoms with van der Waals surface area (Å²) in [5, 5.41) is 33.3. The van der Waals surface area contributed by atoms with Gasteiger partial charge in [-0.15, -0.1) is 0 Å². The molecule has 1 rings (SSSR count). The Morgan fingerprint density at radius 2 is 1.94 bits per heavy atom. The van der Waals surface area contributed by atoms with E-state index >= 15 is 0 Å². The summed E-state index contributed by atoms with van der Waals surface area (Å²) in [6, 6.07) is 8.74. The Hall–Kier alpha value is -1.88. The molecule has 5 nitrogen and oxygen atoms in total. The van der Waals surface area contributed by atoms with Crippen molar-refractivity contribution in [2.24, 2.45) is 10.3 Å². The molecule has 0 aliphatic carbocycles. The molecule has 5 heteroatoms. The van der Waals surface area contributed by atoms with E-state index in [4.69, 9.17) is 10.4 Å². The summed E-state index contributed by atoms with van der Waals surface area (Å²) < 4.78 is 0. The Bertz CT molecular complexity index is 389. The fraction of sp³-hybridized carbons (Fsp3) is 0.273. The lowest BCUT2D eigenvalue weighted by Gasteiger charge is -2.23. The first-order valence-corrected chi connectivity index (χ1v) is 4.76. The van der Waals surface area contributed by atoms with Gasteiger partial charge < -0.3 is 15.5 Å². The van der Waals surface area contributed by atoms with Crippen LogP contribution in [-0.2, 0) is 5.60 Å². The fourth-order valence-corrected chi connectivity index (χ4v) is 1.47. The molecule has 3 N–H and O–H groups in total. The van der Waals surface area contributed by atoms with Crippen molar-refractivity contribution < 1.29 is 15.5 Å². The van der Waals surface area contributed by atoms with Crippen molar-refractivity contribution in [3.63, 3.8) is 0 Å². The van der Waals surface area contributed by atoms with E-state index < -0.39 is 5.60 Å². The number of oxime groups is 2. The Kier molecular flexibility index (Phi) is 4.02. The molecule has 1 atom stereocenters. The van der Waals surface area contributed by atoms with Gasteiger partial charge in [0.2, 0.25) is 0 Å². The number of benzene rings is 1. The van der Waals surface area contributed by atoms with Crippen LogP contribution in [0.5, 0.6) is 0 Å². The number of nitrogens with zero attached hydrogens (tertiary/aromatic N) is 2. The maximum Gasteiger partial charge on any atom is 0.133 e. The quantitative estimate of drug-likeness (QED) is 0.410. The van der Waals surface area contributed by atoms with Gasteiger partial charge in [-0.05, 0) is 12.5 Å². The number of hydrogen-bond donors (Lipinski definition) is 3. The van der Waals surface area contributed by atoms with Crippen LogP contribution in [0.1, 0.15) is 18.9 Å². The van der Waals surface area contributed by atoms with Crippen LogP contribution in [-0.4, -0.2) is 27.4 Å². The molecule has 1 aromatic rings. The minimum Gasteiger partial charge on any atom is -0.411 e. The van der Waals surface area contributed by atoms with Crippen molar-refractivity contribution >= 4 is 11.9 Å². The SMILES string of the molecule is C/C(CC(O)(/C=N/O)c1ccccc1)=N/O.